The second-order valence-electron chi connectivity index (χ2n) is 2.85. The molecule has 1 aliphatic heterocycles. The number of halogens is 1. The van der Waals surface area contributed by atoms with Gasteiger partial charge >= 0.3 is 0 Å². The fraction of sp³-hybridized carbons (Fsp3) is 1.00. The molecule has 2 atom stereocenters. The van der Waals surface area contributed by atoms with Crippen molar-refractivity contribution in [3.05, 3.63) is 0 Å². The van der Waals surface area contributed by atoms with Crippen LogP contribution in [0.5, 0.6) is 0 Å². The summed E-state index contributed by atoms with van der Waals surface area (Å²) in [5, 5.41) is 0. The second-order valence-corrected chi connectivity index (χ2v) is 4.75. The van der Waals surface area contributed by atoms with E-state index >= 15 is 0 Å². The molecule has 1 fully saturated rings. The molecule has 1 saturated heterocycles. The Kier molecular flexibility index (Phi) is 3.96. The van der Waals surface area contributed by atoms with Crippen LogP contribution in [0, 0.1) is 0 Å². The van der Waals surface area contributed by atoms with Gasteiger partial charge in [0.1, 0.15) is 15.6 Å². The van der Waals surface area contributed by atoms with Gasteiger partial charge in [-0.15, -0.1) is 0 Å². The lowest BCUT2D eigenvalue weighted by Crippen LogP contribution is -2.38. The summed E-state index contributed by atoms with van der Waals surface area (Å²) in [6.45, 7) is 3.71. The van der Waals surface area contributed by atoms with Crippen LogP contribution in [0.3, 0.4) is 0 Å². The SMILES string of the molecule is CCOC1(CS(=O)Cl)CCOC1. The Morgan fingerprint density at radius 1 is 1.75 bits per heavy atom. The second kappa shape index (κ2) is 4.56. The van der Waals surface area contributed by atoms with Crippen molar-refractivity contribution in [3.8, 4) is 0 Å². The van der Waals surface area contributed by atoms with Gasteiger partial charge in [0.05, 0.1) is 12.4 Å². The standard InChI is InChI=1S/C7H13ClO3S/c1-2-11-7(6-12(8)9)3-4-10-5-7/h2-6H2,1H3. The minimum absolute atomic E-state index is 0.363. The average Bonchev–Trinajstić information content (AvgIpc) is 2.36. The van der Waals surface area contributed by atoms with Gasteiger partial charge in [-0.1, -0.05) is 0 Å². The zero-order valence-corrected chi connectivity index (χ0v) is 8.62. The molecule has 0 amide bonds. The minimum Gasteiger partial charge on any atom is -0.378 e. The molecule has 0 spiro atoms. The molecule has 3 nitrogen and oxygen atoms in total. The molecule has 0 aromatic heterocycles. The molecule has 0 radical (unpaired) electrons. The summed E-state index contributed by atoms with van der Waals surface area (Å²) in [6.07, 6.45) is 0.791. The van der Waals surface area contributed by atoms with E-state index in [0.29, 0.717) is 25.6 Å². The summed E-state index contributed by atoms with van der Waals surface area (Å²) >= 11 is 0. The van der Waals surface area contributed by atoms with Crippen LogP contribution in [0.2, 0.25) is 0 Å². The third-order valence-electron chi connectivity index (χ3n) is 1.89. The molecule has 12 heavy (non-hydrogen) atoms. The number of hydrogen-bond acceptors (Lipinski definition) is 3. The first kappa shape index (κ1) is 10.4. The minimum atomic E-state index is -1.33. The van der Waals surface area contributed by atoms with Crippen molar-refractivity contribution in [2.75, 3.05) is 25.6 Å². The molecular formula is C7H13ClO3S. The van der Waals surface area contributed by atoms with E-state index in [1.165, 1.54) is 0 Å². The molecule has 5 heteroatoms. The maximum Gasteiger partial charge on any atom is 0.117 e. The quantitative estimate of drug-likeness (QED) is 0.655. The third-order valence-corrected chi connectivity index (χ3v) is 2.97. The topological polar surface area (TPSA) is 35.5 Å². The first-order valence-corrected chi connectivity index (χ1v) is 6.09. The lowest BCUT2D eigenvalue weighted by atomic mass is 10.1. The molecule has 1 aliphatic rings. The van der Waals surface area contributed by atoms with E-state index in [2.05, 4.69) is 0 Å². The molecule has 1 heterocycles. The van der Waals surface area contributed by atoms with E-state index in [1.807, 2.05) is 6.92 Å². The van der Waals surface area contributed by atoms with Gasteiger partial charge in [-0.25, -0.2) is 4.21 Å². The van der Waals surface area contributed by atoms with Crippen LogP contribution in [0.25, 0.3) is 0 Å². The van der Waals surface area contributed by atoms with Crippen molar-refractivity contribution >= 4 is 20.7 Å². The van der Waals surface area contributed by atoms with E-state index in [-0.39, 0.29) is 5.60 Å². The highest BCUT2D eigenvalue weighted by atomic mass is 35.7. The maximum absolute atomic E-state index is 10.8. The van der Waals surface area contributed by atoms with Crippen molar-refractivity contribution in [2.24, 2.45) is 0 Å². The lowest BCUT2D eigenvalue weighted by Gasteiger charge is -2.25. The third kappa shape index (κ3) is 2.69. The van der Waals surface area contributed by atoms with Crippen LogP contribution >= 0.6 is 10.7 Å². The van der Waals surface area contributed by atoms with Gasteiger partial charge in [0.15, 0.2) is 0 Å². The van der Waals surface area contributed by atoms with E-state index in [4.69, 9.17) is 20.2 Å². The van der Waals surface area contributed by atoms with Gasteiger partial charge in [-0.3, -0.25) is 0 Å². The molecule has 0 aromatic rings. The molecule has 0 bridgehead atoms. The Morgan fingerprint density at radius 3 is 2.92 bits per heavy atom. The summed E-state index contributed by atoms with van der Waals surface area (Å²) in [7, 11) is 4.09. The molecule has 0 aromatic carbocycles. The largest absolute Gasteiger partial charge is 0.378 e. The van der Waals surface area contributed by atoms with Crippen molar-refractivity contribution in [1.82, 2.24) is 0 Å². The van der Waals surface area contributed by atoms with Gasteiger partial charge in [0.25, 0.3) is 0 Å². The Labute approximate surface area is 79.3 Å². The molecule has 1 rings (SSSR count). The highest BCUT2D eigenvalue weighted by Gasteiger charge is 2.37. The molecule has 72 valence electrons. The predicted molar refractivity (Wildman–Crippen MR) is 48.7 cm³/mol. The normalized spacial score (nSPS) is 32.2. The fourth-order valence-corrected chi connectivity index (χ4v) is 2.69. The fourth-order valence-electron chi connectivity index (χ4n) is 1.37. The number of ether oxygens (including phenoxy) is 2. The zero-order valence-electron chi connectivity index (χ0n) is 7.05. The summed E-state index contributed by atoms with van der Waals surface area (Å²) in [5.74, 6) is 0.363. The van der Waals surface area contributed by atoms with Gasteiger partial charge < -0.3 is 9.47 Å². The van der Waals surface area contributed by atoms with Crippen LogP contribution < -0.4 is 0 Å². The van der Waals surface area contributed by atoms with E-state index in [0.717, 1.165) is 6.42 Å². The summed E-state index contributed by atoms with van der Waals surface area (Å²) < 4.78 is 21.5. The van der Waals surface area contributed by atoms with Gasteiger partial charge in [0.2, 0.25) is 0 Å². The lowest BCUT2D eigenvalue weighted by molar-refractivity contribution is -0.0259. The maximum atomic E-state index is 10.8. The van der Waals surface area contributed by atoms with E-state index in [1.54, 1.807) is 0 Å². The van der Waals surface area contributed by atoms with Crippen LogP contribution in [-0.4, -0.2) is 35.4 Å². The number of hydrogen-bond donors (Lipinski definition) is 0. The molecule has 0 saturated carbocycles. The summed E-state index contributed by atoms with van der Waals surface area (Å²) in [5.41, 5.74) is -0.388. The van der Waals surface area contributed by atoms with Gasteiger partial charge in [-0.05, 0) is 17.6 Å². The summed E-state index contributed by atoms with van der Waals surface area (Å²) in [6, 6.07) is 0. The molecule has 0 aliphatic carbocycles. The zero-order chi connectivity index (χ0) is 9.03. The first-order chi connectivity index (χ1) is 5.68. The van der Waals surface area contributed by atoms with Crippen LogP contribution in [0.1, 0.15) is 13.3 Å². The smallest absolute Gasteiger partial charge is 0.117 e. The van der Waals surface area contributed by atoms with Gasteiger partial charge in [-0.2, -0.15) is 0 Å². The molecule has 0 N–H and O–H groups in total. The first-order valence-electron chi connectivity index (χ1n) is 3.95. The van der Waals surface area contributed by atoms with Gasteiger partial charge in [0, 0.05) is 19.6 Å². The van der Waals surface area contributed by atoms with Crippen LogP contribution in [-0.2, 0) is 19.5 Å². The van der Waals surface area contributed by atoms with Crippen molar-refractivity contribution in [1.29, 1.82) is 0 Å². The Bertz CT molecular complexity index is 168. The van der Waals surface area contributed by atoms with Crippen molar-refractivity contribution in [3.63, 3.8) is 0 Å². The monoisotopic (exact) mass is 212 g/mol. The average molecular weight is 213 g/mol. The highest BCUT2D eigenvalue weighted by Crippen LogP contribution is 2.24. The summed E-state index contributed by atoms with van der Waals surface area (Å²) in [4.78, 5) is 0. The molecule has 2 unspecified atom stereocenters. The number of rotatable bonds is 4. The Morgan fingerprint density at radius 2 is 2.50 bits per heavy atom. The highest BCUT2D eigenvalue weighted by molar-refractivity contribution is 8.08. The molecular weight excluding hydrogens is 200 g/mol. The van der Waals surface area contributed by atoms with Crippen LogP contribution in [0.4, 0.5) is 0 Å². The predicted octanol–water partition coefficient (Wildman–Crippen LogP) is 1.08. The van der Waals surface area contributed by atoms with E-state index < -0.39 is 10.0 Å². The van der Waals surface area contributed by atoms with E-state index in [9.17, 15) is 4.21 Å². The Balaban J connectivity index is 2.52. The van der Waals surface area contributed by atoms with Crippen LogP contribution in [0.15, 0.2) is 0 Å². The Hall–Kier alpha value is 0.360. The van der Waals surface area contributed by atoms with Crippen molar-refractivity contribution < 1.29 is 13.7 Å². The van der Waals surface area contributed by atoms with Crippen molar-refractivity contribution in [2.45, 2.75) is 18.9 Å².